The molecule has 0 amide bonds. The lowest BCUT2D eigenvalue weighted by atomic mass is 10.1. The number of anilines is 1. The van der Waals surface area contributed by atoms with Crippen LogP contribution in [0.5, 0.6) is 5.75 Å². The van der Waals surface area contributed by atoms with Crippen LogP contribution in [0.2, 0.25) is 0 Å². The van der Waals surface area contributed by atoms with E-state index in [0.29, 0.717) is 11.6 Å². The minimum absolute atomic E-state index is 0.627. The number of ether oxygens (including phenoxy) is 1. The van der Waals surface area contributed by atoms with E-state index >= 15 is 0 Å². The maximum Gasteiger partial charge on any atom is 0.162 e. The summed E-state index contributed by atoms with van der Waals surface area (Å²) in [5, 5.41) is 4.33. The molecule has 0 saturated heterocycles. The van der Waals surface area contributed by atoms with E-state index in [4.69, 9.17) is 9.72 Å². The van der Waals surface area contributed by atoms with Crippen LogP contribution < -0.4 is 10.2 Å². The van der Waals surface area contributed by atoms with E-state index in [2.05, 4.69) is 15.5 Å². The Morgan fingerprint density at radius 3 is 2.10 bits per heavy atom. The smallest absolute Gasteiger partial charge is 0.162 e. The Morgan fingerprint density at radius 1 is 0.793 bits per heavy atom. The molecule has 142 valence electrons. The van der Waals surface area contributed by atoms with Gasteiger partial charge in [-0.05, 0) is 29.8 Å². The number of aromatic nitrogens is 2. The molecule has 0 aliphatic heterocycles. The highest BCUT2D eigenvalue weighted by Gasteiger charge is 2.08. The predicted octanol–water partition coefficient (Wildman–Crippen LogP) is 5.27. The minimum Gasteiger partial charge on any atom is -0.497 e. The first-order chi connectivity index (χ1) is 14.3. The van der Waals surface area contributed by atoms with E-state index in [-0.39, 0.29) is 0 Å². The fourth-order valence-electron chi connectivity index (χ4n) is 2.84. The molecule has 4 rings (SSSR count). The summed E-state index contributed by atoms with van der Waals surface area (Å²) in [6.45, 7) is 0. The van der Waals surface area contributed by atoms with Crippen molar-refractivity contribution in [1.29, 1.82) is 0 Å². The third kappa shape index (κ3) is 4.65. The van der Waals surface area contributed by atoms with Crippen LogP contribution in [0.15, 0.2) is 96.1 Å². The van der Waals surface area contributed by atoms with Gasteiger partial charge in [0, 0.05) is 17.2 Å². The van der Waals surface area contributed by atoms with Gasteiger partial charge < -0.3 is 4.74 Å². The molecular formula is C24H20N4O. The molecule has 5 nitrogen and oxygen atoms in total. The molecule has 0 atom stereocenters. The summed E-state index contributed by atoms with van der Waals surface area (Å²) < 4.78 is 5.18. The number of nitrogens with one attached hydrogen (secondary N) is 1. The molecular weight excluding hydrogens is 360 g/mol. The van der Waals surface area contributed by atoms with E-state index in [1.54, 1.807) is 13.3 Å². The Balaban J connectivity index is 1.63. The standard InChI is InChI=1S/C24H20N4O/c1-29-21-14-12-18(13-15-21)17-25-28-23-16-22(19-8-4-2-5-9-19)26-24(27-23)20-10-6-3-7-11-20/h2-17H,1H3,(H,26,27,28)/b25-17-. The highest BCUT2D eigenvalue weighted by atomic mass is 16.5. The molecule has 1 N–H and O–H groups in total. The SMILES string of the molecule is COc1ccc(/C=N\Nc2cc(-c3ccccc3)nc(-c3ccccc3)n2)cc1. The summed E-state index contributed by atoms with van der Waals surface area (Å²) in [5.41, 5.74) is 6.80. The summed E-state index contributed by atoms with van der Waals surface area (Å²) in [7, 11) is 1.65. The lowest BCUT2D eigenvalue weighted by Crippen LogP contribution is -1.99. The number of nitrogens with zero attached hydrogens (tertiary/aromatic N) is 3. The maximum atomic E-state index is 5.18. The van der Waals surface area contributed by atoms with Crippen LogP contribution in [-0.4, -0.2) is 23.3 Å². The van der Waals surface area contributed by atoms with Crippen LogP contribution >= 0.6 is 0 Å². The maximum absolute atomic E-state index is 5.18. The Bertz CT molecular complexity index is 1040. The van der Waals surface area contributed by atoms with Crippen LogP contribution in [0, 0.1) is 0 Å². The van der Waals surface area contributed by atoms with Crippen molar-refractivity contribution in [3.05, 3.63) is 96.6 Å². The molecule has 1 heterocycles. The zero-order valence-electron chi connectivity index (χ0n) is 16.0. The van der Waals surface area contributed by atoms with Gasteiger partial charge in [0.25, 0.3) is 0 Å². The minimum atomic E-state index is 0.627. The molecule has 5 heteroatoms. The zero-order chi connectivity index (χ0) is 19.9. The normalized spacial score (nSPS) is 10.8. The van der Waals surface area contributed by atoms with Gasteiger partial charge in [-0.25, -0.2) is 9.97 Å². The molecule has 4 aromatic rings. The first kappa shape index (κ1) is 18.4. The van der Waals surface area contributed by atoms with Crippen molar-refractivity contribution in [3.63, 3.8) is 0 Å². The lowest BCUT2D eigenvalue weighted by molar-refractivity contribution is 0.415. The monoisotopic (exact) mass is 380 g/mol. The summed E-state index contributed by atoms with van der Waals surface area (Å²) in [6, 6.07) is 29.5. The second-order valence-corrected chi connectivity index (χ2v) is 6.34. The molecule has 3 aromatic carbocycles. The van der Waals surface area contributed by atoms with Gasteiger partial charge in [0.15, 0.2) is 11.6 Å². The van der Waals surface area contributed by atoms with Crippen molar-refractivity contribution in [2.75, 3.05) is 12.5 Å². The van der Waals surface area contributed by atoms with Crippen molar-refractivity contribution in [2.24, 2.45) is 5.10 Å². The van der Waals surface area contributed by atoms with Crippen molar-refractivity contribution in [2.45, 2.75) is 0 Å². The van der Waals surface area contributed by atoms with Gasteiger partial charge >= 0.3 is 0 Å². The first-order valence-corrected chi connectivity index (χ1v) is 9.25. The van der Waals surface area contributed by atoms with Crippen LogP contribution in [0.3, 0.4) is 0 Å². The quantitative estimate of drug-likeness (QED) is 0.366. The molecule has 29 heavy (non-hydrogen) atoms. The molecule has 0 bridgehead atoms. The largest absolute Gasteiger partial charge is 0.497 e. The van der Waals surface area contributed by atoms with Crippen molar-refractivity contribution >= 4 is 12.0 Å². The fourth-order valence-corrected chi connectivity index (χ4v) is 2.84. The van der Waals surface area contributed by atoms with Gasteiger partial charge in [-0.3, -0.25) is 5.43 Å². The van der Waals surface area contributed by atoms with Gasteiger partial charge in [-0.15, -0.1) is 0 Å². The highest BCUT2D eigenvalue weighted by molar-refractivity contribution is 5.80. The Hall–Kier alpha value is -3.99. The number of hydrogen-bond donors (Lipinski definition) is 1. The number of rotatable bonds is 6. The number of hydrazone groups is 1. The van der Waals surface area contributed by atoms with Crippen LogP contribution in [-0.2, 0) is 0 Å². The fraction of sp³-hybridized carbons (Fsp3) is 0.0417. The number of hydrogen-bond acceptors (Lipinski definition) is 5. The third-order valence-electron chi connectivity index (χ3n) is 4.34. The zero-order valence-corrected chi connectivity index (χ0v) is 16.0. The molecule has 0 aliphatic rings. The predicted molar refractivity (Wildman–Crippen MR) is 117 cm³/mol. The molecule has 1 aromatic heterocycles. The topological polar surface area (TPSA) is 59.4 Å². The summed E-state index contributed by atoms with van der Waals surface area (Å²) in [5.74, 6) is 2.09. The molecule has 0 radical (unpaired) electrons. The van der Waals surface area contributed by atoms with Gasteiger partial charge in [-0.1, -0.05) is 60.7 Å². The van der Waals surface area contributed by atoms with Gasteiger partial charge in [0.1, 0.15) is 5.75 Å². The van der Waals surface area contributed by atoms with E-state index in [9.17, 15) is 0 Å². The molecule has 0 spiro atoms. The first-order valence-electron chi connectivity index (χ1n) is 9.25. The van der Waals surface area contributed by atoms with Gasteiger partial charge in [-0.2, -0.15) is 5.10 Å². The van der Waals surface area contributed by atoms with Crippen molar-refractivity contribution < 1.29 is 4.74 Å². The van der Waals surface area contributed by atoms with Crippen LogP contribution in [0.25, 0.3) is 22.6 Å². The Kier molecular flexibility index (Phi) is 5.58. The van der Waals surface area contributed by atoms with E-state index < -0.39 is 0 Å². The summed E-state index contributed by atoms with van der Waals surface area (Å²) in [4.78, 5) is 9.37. The average molecular weight is 380 g/mol. The Labute approximate surface area is 169 Å². The molecule has 0 unspecified atom stereocenters. The summed E-state index contributed by atoms with van der Waals surface area (Å²) in [6.07, 6.45) is 1.74. The second kappa shape index (κ2) is 8.80. The van der Waals surface area contributed by atoms with E-state index in [1.807, 2.05) is 91.0 Å². The second-order valence-electron chi connectivity index (χ2n) is 6.34. The van der Waals surface area contributed by atoms with Crippen molar-refractivity contribution in [3.8, 4) is 28.4 Å². The third-order valence-corrected chi connectivity index (χ3v) is 4.34. The molecule has 0 fully saturated rings. The van der Waals surface area contributed by atoms with E-state index in [1.165, 1.54) is 0 Å². The van der Waals surface area contributed by atoms with Crippen LogP contribution in [0.4, 0.5) is 5.82 Å². The molecule has 0 aliphatic carbocycles. The van der Waals surface area contributed by atoms with Crippen molar-refractivity contribution in [1.82, 2.24) is 9.97 Å². The van der Waals surface area contributed by atoms with Crippen LogP contribution in [0.1, 0.15) is 5.56 Å². The lowest BCUT2D eigenvalue weighted by Gasteiger charge is -2.08. The number of benzene rings is 3. The average Bonchev–Trinajstić information content (AvgIpc) is 2.80. The highest BCUT2D eigenvalue weighted by Crippen LogP contribution is 2.24. The van der Waals surface area contributed by atoms with Gasteiger partial charge in [0.2, 0.25) is 0 Å². The summed E-state index contributed by atoms with van der Waals surface area (Å²) >= 11 is 0. The Morgan fingerprint density at radius 2 is 1.45 bits per heavy atom. The van der Waals surface area contributed by atoms with Gasteiger partial charge in [0.05, 0.1) is 19.0 Å². The molecule has 0 saturated carbocycles. The number of methoxy groups -OCH3 is 1. The van der Waals surface area contributed by atoms with E-state index in [0.717, 1.165) is 28.1 Å².